The summed E-state index contributed by atoms with van der Waals surface area (Å²) >= 11 is 1.42. The minimum absolute atomic E-state index is 0.489. The molecule has 4 heteroatoms. The SMILES string of the molecule is Cc1ccc(CC(C(=O)O)c2nc(C)cs2)cc1. The van der Waals surface area contributed by atoms with Crippen LogP contribution in [0.25, 0.3) is 0 Å². The smallest absolute Gasteiger partial charge is 0.313 e. The molecule has 94 valence electrons. The summed E-state index contributed by atoms with van der Waals surface area (Å²) in [6, 6.07) is 7.96. The molecule has 1 unspecified atom stereocenters. The number of aliphatic carboxylic acids is 1. The van der Waals surface area contributed by atoms with E-state index in [4.69, 9.17) is 0 Å². The van der Waals surface area contributed by atoms with Crippen LogP contribution in [0.1, 0.15) is 27.7 Å². The summed E-state index contributed by atoms with van der Waals surface area (Å²) in [7, 11) is 0. The van der Waals surface area contributed by atoms with Gasteiger partial charge in [0.15, 0.2) is 0 Å². The maximum atomic E-state index is 11.3. The zero-order chi connectivity index (χ0) is 13.1. The second-order valence-corrected chi connectivity index (χ2v) is 5.30. The van der Waals surface area contributed by atoms with Crippen LogP contribution in [0, 0.1) is 13.8 Å². The summed E-state index contributed by atoms with van der Waals surface area (Å²) in [6.45, 7) is 3.90. The van der Waals surface area contributed by atoms with Gasteiger partial charge in [0.2, 0.25) is 0 Å². The van der Waals surface area contributed by atoms with E-state index in [-0.39, 0.29) is 0 Å². The average Bonchev–Trinajstić information content (AvgIpc) is 2.74. The number of hydrogen-bond donors (Lipinski definition) is 1. The van der Waals surface area contributed by atoms with Gasteiger partial charge in [0.05, 0.1) is 0 Å². The molecule has 0 radical (unpaired) electrons. The molecule has 0 aliphatic rings. The Hall–Kier alpha value is -1.68. The molecule has 1 N–H and O–H groups in total. The highest BCUT2D eigenvalue weighted by Gasteiger charge is 2.23. The van der Waals surface area contributed by atoms with Gasteiger partial charge in [-0.3, -0.25) is 4.79 Å². The maximum absolute atomic E-state index is 11.3. The summed E-state index contributed by atoms with van der Waals surface area (Å²) < 4.78 is 0. The minimum Gasteiger partial charge on any atom is -0.481 e. The number of carboxylic acids is 1. The fourth-order valence-electron chi connectivity index (χ4n) is 1.77. The molecule has 0 saturated heterocycles. The molecule has 0 amide bonds. The molecule has 2 aromatic rings. The minimum atomic E-state index is -0.815. The molecule has 0 saturated carbocycles. The van der Waals surface area contributed by atoms with Crippen molar-refractivity contribution < 1.29 is 9.90 Å². The topological polar surface area (TPSA) is 50.2 Å². The van der Waals surface area contributed by atoms with Crippen LogP contribution in [-0.4, -0.2) is 16.1 Å². The molecule has 1 atom stereocenters. The number of hydrogen-bond acceptors (Lipinski definition) is 3. The van der Waals surface area contributed by atoms with Crippen LogP contribution in [-0.2, 0) is 11.2 Å². The van der Waals surface area contributed by atoms with Crippen LogP contribution in [0.3, 0.4) is 0 Å². The maximum Gasteiger partial charge on any atom is 0.313 e. The first-order valence-corrected chi connectivity index (χ1v) is 6.64. The van der Waals surface area contributed by atoms with Crippen molar-refractivity contribution in [2.24, 2.45) is 0 Å². The fourth-order valence-corrected chi connectivity index (χ4v) is 2.66. The van der Waals surface area contributed by atoms with E-state index in [1.165, 1.54) is 16.9 Å². The van der Waals surface area contributed by atoms with E-state index in [2.05, 4.69) is 4.98 Å². The van der Waals surface area contributed by atoms with Crippen molar-refractivity contribution in [3.05, 3.63) is 51.5 Å². The molecular formula is C14H15NO2S. The zero-order valence-electron chi connectivity index (χ0n) is 10.4. The van der Waals surface area contributed by atoms with Gasteiger partial charge in [-0.05, 0) is 25.8 Å². The molecule has 0 spiro atoms. The van der Waals surface area contributed by atoms with Gasteiger partial charge in [-0.25, -0.2) is 4.98 Å². The Balaban J connectivity index is 2.22. The summed E-state index contributed by atoms with van der Waals surface area (Å²) in [6.07, 6.45) is 0.489. The molecule has 18 heavy (non-hydrogen) atoms. The van der Waals surface area contributed by atoms with Crippen molar-refractivity contribution in [3.63, 3.8) is 0 Å². The largest absolute Gasteiger partial charge is 0.481 e. The summed E-state index contributed by atoms with van der Waals surface area (Å²) in [5, 5.41) is 11.9. The number of carboxylic acid groups (broad SMARTS) is 1. The lowest BCUT2D eigenvalue weighted by Gasteiger charge is -2.09. The van der Waals surface area contributed by atoms with Crippen LogP contribution in [0.15, 0.2) is 29.6 Å². The van der Waals surface area contributed by atoms with Crippen LogP contribution in [0.5, 0.6) is 0 Å². The number of nitrogens with zero attached hydrogens (tertiary/aromatic N) is 1. The molecule has 2 rings (SSSR count). The highest BCUT2D eigenvalue weighted by atomic mass is 32.1. The number of aromatic nitrogens is 1. The van der Waals surface area contributed by atoms with Gasteiger partial charge < -0.3 is 5.11 Å². The molecule has 1 aromatic heterocycles. The van der Waals surface area contributed by atoms with Crippen molar-refractivity contribution in [1.82, 2.24) is 4.98 Å². The third-order valence-electron chi connectivity index (χ3n) is 2.79. The highest BCUT2D eigenvalue weighted by Crippen LogP contribution is 2.24. The van der Waals surface area contributed by atoms with Gasteiger partial charge in [-0.1, -0.05) is 29.8 Å². The molecule has 1 aromatic carbocycles. The Kier molecular flexibility index (Phi) is 3.77. The van der Waals surface area contributed by atoms with E-state index in [1.807, 2.05) is 43.5 Å². The quantitative estimate of drug-likeness (QED) is 0.919. The van der Waals surface area contributed by atoms with Crippen LogP contribution < -0.4 is 0 Å². The van der Waals surface area contributed by atoms with Crippen LogP contribution in [0.2, 0.25) is 0 Å². The van der Waals surface area contributed by atoms with Gasteiger partial charge in [-0.15, -0.1) is 11.3 Å². The van der Waals surface area contributed by atoms with E-state index in [0.717, 1.165) is 11.3 Å². The first-order valence-electron chi connectivity index (χ1n) is 5.76. The van der Waals surface area contributed by atoms with Crippen LogP contribution >= 0.6 is 11.3 Å². The van der Waals surface area contributed by atoms with Crippen molar-refractivity contribution in [3.8, 4) is 0 Å². The Labute approximate surface area is 110 Å². The van der Waals surface area contributed by atoms with E-state index >= 15 is 0 Å². The first-order chi connectivity index (χ1) is 8.56. The molecule has 0 bridgehead atoms. The highest BCUT2D eigenvalue weighted by molar-refractivity contribution is 7.09. The second-order valence-electron chi connectivity index (χ2n) is 4.41. The number of rotatable bonds is 4. The molecule has 0 aliphatic carbocycles. The Morgan fingerprint density at radius 3 is 2.50 bits per heavy atom. The van der Waals surface area contributed by atoms with Crippen molar-refractivity contribution in [2.75, 3.05) is 0 Å². The molecular weight excluding hydrogens is 246 g/mol. The third-order valence-corrected chi connectivity index (χ3v) is 3.87. The third kappa shape index (κ3) is 2.96. The van der Waals surface area contributed by atoms with Crippen molar-refractivity contribution in [2.45, 2.75) is 26.2 Å². The molecule has 0 fully saturated rings. The predicted octanol–water partition coefficient (Wildman–Crippen LogP) is 3.17. The summed E-state index contributed by atoms with van der Waals surface area (Å²) in [5.74, 6) is -1.36. The number of carbonyl (C=O) groups is 1. The van der Waals surface area contributed by atoms with Gasteiger partial charge in [0.1, 0.15) is 10.9 Å². The monoisotopic (exact) mass is 261 g/mol. The number of thiazole rings is 1. The van der Waals surface area contributed by atoms with Gasteiger partial charge >= 0.3 is 5.97 Å². The van der Waals surface area contributed by atoms with E-state index in [1.54, 1.807) is 0 Å². The van der Waals surface area contributed by atoms with E-state index in [0.29, 0.717) is 11.4 Å². The normalized spacial score (nSPS) is 12.3. The lowest BCUT2D eigenvalue weighted by atomic mass is 9.99. The average molecular weight is 261 g/mol. The number of aryl methyl sites for hydroxylation is 2. The van der Waals surface area contributed by atoms with Crippen molar-refractivity contribution >= 4 is 17.3 Å². The molecule has 0 aliphatic heterocycles. The summed E-state index contributed by atoms with van der Waals surface area (Å²) in [4.78, 5) is 15.6. The first kappa shape index (κ1) is 12.8. The zero-order valence-corrected chi connectivity index (χ0v) is 11.2. The Morgan fingerprint density at radius 2 is 2.00 bits per heavy atom. The fraction of sp³-hybridized carbons (Fsp3) is 0.286. The second kappa shape index (κ2) is 5.31. The standard InChI is InChI=1S/C14H15NO2S/c1-9-3-5-11(6-4-9)7-12(14(16)17)13-15-10(2)8-18-13/h3-6,8,12H,7H2,1-2H3,(H,16,17). The lowest BCUT2D eigenvalue weighted by molar-refractivity contribution is -0.138. The number of benzene rings is 1. The van der Waals surface area contributed by atoms with Gasteiger partial charge in [-0.2, -0.15) is 0 Å². The van der Waals surface area contributed by atoms with E-state index in [9.17, 15) is 9.90 Å². The van der Waals surface area contributed by atoms with Gasteiger partial charge in [0.25, 0.3) is 0 Å². The predicted molar refractivity (Wildman–Crippen MR) is 72.1 cm³/mol. The summed E-state index contributed by atoms with van der Waals surface area (Å²) in [5.41, 5.74) is 3.08. The van der Waals surface area contributed by atoms with Gasteiger partial charge in [0, 0.05) is 11.1 Å². The van der Waals surface area contributed by atoms with E-state index < -0.39 is 11.9 Å². The van der Waals surface area contributed by atoms with Crippen LogP contribution in [0.4, 0.5) is 0 Å². The molecule has 3 nitrogen and oxygen atoms in total. The lowest BCUT2D eigenvalue weighted by Crippen LogP contribution is -2.14. The Morgan fingerprint density at radius 1 is 1.33 bits per heavy atom. The molecule has 1 heterocycles. The Bertz CT molecular complexity index is 545. The van der Waals surface area contributed by atoms with Crippen molar-refractivity contribution in [1.29, 1.82) is 0 Å².